The lowest BCUT2D eigenvalue weighted by molar-refractivity contribution is 0.177. The van der Waals surface area contributed by atoms with Gasteiger partial charge in [-0.15, -0.1) is 0 Å². The molecule has 0 spiro atoms. The molecule has 0 saturated carbocycles. The molecule has 12 heteroatoms. The third-order valence-corrected chi connectivity index (χ3v) is 5.27. The van der Waals surface area contributed by atoms with Gasteiger partial charge in [0.05, 0.1) is 23.2 Å². The Morgan fingerprint density at radius 3 is 2.59 bits per heavy atom. The Balaban J connectivity index is 2.36. The molecule has 1 aromatic heterocycles. The second-order valence-electron chi connectivity index (χ2n) is 5.84. The Bertz CT molecular complexity index is 942. The van der Waals surface area contributed by atoms with Gasteiger partial charge in [-0.1, -0.05) is 0 Å². The number of hydrogen-bond donors (Lipinski definition) is 5. The molecule has 0 aliphatic heterocycles. The maximum Gasteiger partial charge on any atom is 0.241 e. The standard InChI is InChI=1S/C15H19BrFN5O4S/c1-7(8(2)24)20-14-11(16)5-19-15(22-14)21-10-3-9(6-23)13(12(17)4-10)27(18,25)26/h3-5,7-8,23-24H,6H2,1-2H3,(H2,18,25,26)(H2,19,20,21,22)/t7-,8-/m1/s1. The fourth-order valence-electron chi connectivity index (χ4n) is 2.15. The van der Waals surface area contributed by atoms with Crippen molar-refractivity contribution in [1.82, 2.24) is 9.97 Å². The number of nitrogens with two attached hydrogens (primary N) is 1. The van der Waals surface area contributed by atoms with Gasteiger partial charge < -0.3 is 20.8 Å². The van der Waals surface area contributed by atoms with E-state index in [9.17, 15) is 23.0 Å². The number of sulfonamides is 1. The summed E-state index contributed by atoms with van der Waals surface area (Å²) >= 11 is 3.29. The number of primary sulfonamides is 1. The molecule has 2 atom stereocenters. The molecule has 1 aromatic carbocycles. The lowest BCUT2D eigenvalue weighted by atomic mass is 10.2. The molecule has 0 radical (unpaired) electrons. The van der Waals surface area contributed by atoms with Gasteiger partial charge in [0.1, 0.15) is 16.5 Å². The van der Waals surface area contributed by atoms with Crippen LogP contribution in [-0.2, 0) is 16.6 Å². The summed E-state index contributed by atoms with van der Waals surface area (Å²) in [6, 6.07) is 1.85. The number of benzene rings is 1. The molecule has 0 aliphatic carbocycles. The van der Waals surface area contributed by atoms with Crippen LogP contribution in [-0.4, -0.2) is 40.7 Å². The number of hydrogen-bond acceptors (Lipinski definition) is 8. The zero-order chi connectivity index (χ0) is 20.4. The van der Waals surface area contributed by atoms with E-state index < -0.39 is 33.4 Å². The quantitative estimate of drug-likeness (QED) is 0.413. The molecule has 6 N–H and O–H groups in total. The molecule has 0 unspecified atom stereocenters. The molecule has 0 amide bonds. The first-order chi connectivity index (χ1) is 12.5. The van der Waals surface area contributed by atoms with E-state index in [-0.39, 0.29) is 23.2 Å². The highest BCUT2D eigenvalue weighted by molar-refractivity contribution is 9.10. The van der Waals surface area contributed by atoms with E-state index in [0.717, 1.165) is 6.07 Å². The van der Waals surface area contributed by atoms with E-state index >= 15 is 0 Å². The van der Waals surface area contributed by atoms with Crippen LogP contribution in [0.2, 0.25) is 0 Å². The molecular weight excluding hydrogens is 445 g/mol. The van der Waals surface area contributed by atoms with Crippen molar-refractivity contribution in [1.29, 1.82) is 0 Å². The average molecular weight is 464 g/mol. The number of aliphatic hydroxyl groups excluding tert-OH is 2. The van der Waals surface area contributed by atoms with Crippen LogP contribution >= 0.6 is 15.9 Å². The number of nitrogens with one attached hydrogen (secondary N) is 2. The van der Waals surface area contributed by atoms with Gasteiger partial charge in [-0.05, 0) is 41.9 Å². The van der Waals surface area contributed by atoms with Gasteiger partial charge in [-0.25, -0.2) is 22.9 Å². The fraction of sp³-hybridized carbons (Fsp3) is 0.333. The van der Waals surface area contributed by atoms with E-state index in [1.54, 1.807) is 13.8 Å². The van der Waals surface area contributed by atoms with Crippen molar-refractivity contribution >= 4 is 43.4 Å². The van der Waals surface area contributed by atoms with E-state index in [2.05, 4.69) is 36.5 Å². The largest absolute Gasteiger partial charge is 0.392 e. The van der Waals surface area contributed by atoms with Gasteiger partial charge in [0.25, 0.3) is 0 Å². The third kappa shape index (κ3) is 5.32. The highest BCUT2D eigenvalue weighted by Gasteiger charge is 2.21. The Labute approximate surface area is 164 Å². The summed E-state index contributed by atoms with van der Waals surface area (Å²) in [6.07, 6.45) is 0.823. The van der Waals surface area contributed by atoms with Crippen molar-refractivity contribution in [3.63, 3.8) is 0 Å². The number of anilines is 3. The van der Waals surface area contributed by atoms with Gasteiger partial charge in [-0.3, -0.25) is 0 Å². The van der Waals surface area contributed by atoms with Gasteiger partial charge in [0.15, 0.2) is 0 Å². The Hall–Kier alpha value is -1.86. The molecule has 9 nitrogen and oxygen atoms in total. The summed E-state index contributed by atoms with van der Waals surface area (Å²) in [7, 11) is -4.33. The number of rotatable bonds is 7. The van der Waals surface area contributed by atoms with Gasteiger partial charge in [-0.2, -0.15) is 4.98 Å². The van der Waals surface area contributed by atoms with E-state index in [1.165, 1.54) is 12.3 Å². The molecule has 2 rings (SSSR count). The number of halogens is 2. The first kappa shape index (κ1) is 21.4. The smallest absolute Gasteiger partial charge is 0.241 e. The lowest BCUT2D eigenvalue weighted by Crippen LogP contribution is -2.28. The summed E-state index contributed by atoms with van der Waals surface area (Å²) in [4.78, 5) is 7.51. The second kappa shape index (κ2) is 8.44. The maximum absolute atomic E-state index is 14.2. The molecular formula is C15H19BrFN5O4S. The minimum Gasteiger partial charge on any atom is -0.392 e. The van der Waals surface area contributed by atoms with Crippen LogP contribution in [0.25, 0.3) is 0 Å². The number of aromatic nitrogens is 2. The SMILES string of the molecule is C[C@@H](O)[C@@H](C)Nc1nc(Nc2cc(F)c(S(N)(=O)=O)c(CO)c2)ncc1Br. The van der Waals surface area contributed by atoms with Crippen molar-refractivity contribution in [3.8, 4) is 0 Å². The minimum atomic E-state index is -4.33. The molecule has 0 bridgehead atoms. The lowest BCUT2D eigenvalue weighted by Gasteiger charge is -2.18. The third-order valence-electron chi connectivity index (χ3n) is 3.66. The Morgan fingerprint density at radius 2 is 2.04 bits per heavy atom. The van der Waals surface area contributed by atoms with Crippen LogP contribution in [0, 0.1) is 5.82 Å². The maximum atomic E-state index is 14.2. The van der Waals surface area contributed by atoms with E-state index in [1.807, 2.05) is 0 Å². The summed E-state index contributed by atoms with van der Waals surface area (Å²) in [6.45, 7) is 2.66. The van der Waals surface area contributed by atoms with Gasteiger partial charge in [0.2, 0.25) is 16.0 Å². The van der Waals surface area contributed by atoms with Crippen LogP contribution in [0.5, 0.6) is 0 Å². The molecule has 0 aliphatic rings. The molecule has 0 fully saturated rings. The molecule has 148 valence electrons. The first-order valence-corrected chi connectivity index (χ1v) is 10.1. The second-order valence-corrected chi connectivity index (χ2v) is 8.19. The van der Waals surface area contributed by atoms with Crippen LogP contribution in [0.1, 0.15) is 19.4 Å². The predicted molar refractivity (Wildman–Crippen MR) is 101 cm³/mol. The summed E-state index contributed by atoms with van der Waals surface area (Å²) in [5.74, 6) is -0.625. The monoisotopic (exact) mass is 463 g/mol. The number of nitrogens with zero attached hydrogens (tertiary/aromatic N) is 2. The van der Waals surface area contributed by atoms with Crippen molar-refractivity contribution in [2.45, 2.75) is 37.5 Å². The van der Waals surface area contributed by atoms with Crippen molar-refractivity contribution in [2.75, 3.05) is 10.6 Å². The van der Waals surface area contributed by atoms with Gasteiger partial charge >= 0.3 is 0 Å². The van der Waals surface area contributed by atoms with Crippen LogP contribution < -0.4 is 15.8 Å². The molecule has 1 heterocycles. The zero-order valence-electron chi connectivity index (χ0n) is 14.4. The fourth-order valence-corrected chi connectivity index (χ4v) is 3.28. The highest BCUT2D eigenvalue weighted by Crippen LogP contribution is 2.27. The summed E-state index contributed by atoms with van der Waals surface area (Å²) in [5.41, 5.74) is -0.0704. The summed E-state index contributed by atoms with van der Waals surface area (Å²) < 4.78 is 37.7. The van der Waals surface area contributed by atoms with Crippen molar-refractivity contribution in [3.05, 3.63) is 34.2 Å². The zero-order valence-corrected chi connectivity index (χ0v) is 16.8. The normalized spacial score (nSPS) is 13.9. The Kier molecular flexibility index (Phi) is 6.70. The Morgan fingerprint density at radius 1 is 1.37 bits per heavy atom. The van der Waals surface area contributed by atoms with Crippen molar-refractivity contribution < 1.29 is 23.0 Å². The van der Waals surface area contributed by atoms with E-state index in [0.29, 0.717) is 10.3 Å². The number of aliphatic hydroxyl groups is 2. The van der Waals surface area contributed by atoms with E-state index in [4.69, 9.17) is 5.14 Å². The molecule has 27 heavy (non-hydrogen) atoms. The van der Waals surface area contributed by atoms with Crippen LogP contribution in [0.3, 0.4) is 0 Å². The summed E-state index contributed by atoms with van der Waals surface area (Å²) in [5, 5.41) is 29.7. The molecule has 0 saturated heterocycles. The highest BCUT2D eigenvalue weighted by atomic mass is 79.9. The first-order valence-electron chi connectivity index (χ1n) is 7.73. The predicted octanol–water partition coefficient (Wildman–Crippen LogP) is 1.44. The van der Waals surface area contributed by atoms with Crippen LogP contribution in [0.4, 0.5) is 21.8 Å². The van der Waals surface area contributed by atoms with Gasteiger partial charge in [0, 0.05) is 17.4 Å². The minimum absolute atomic E-state index is 0.0881. The van der Waals surface area contributed by atoms with Crippen LogP contribution in [0.15, 0.2) is 27.7 Å². The average Bonchev–Trinajstić information content (AvgIpc) is 2.55. The van der Waals surface area contributed by atoms with Crippen molar-refractivity contribution in [2.24, 2.45) is 5.14 Å². The molecule has 2 aromatic rings. The topological polar surface area (TPSA) is 150 Å².